The molecule has 4 aromatic rings. The number of carbonyl (C=O) groups excluding carboxylic acids is 1. The maximum Gasteiger partial charge on any atom is 0.402 e. The fourth-order valence-corrected chi connectivity index (χ4v) is 7.73. The lowest BCUT2D eigenvalue weighted by atomic mass is 9.97. The second-order valence-corrected chi connectivity index (χ2v) is 16.0. The Morgan fingerprint density at radius 2 is 1.17 bits per heavy atom. The van der Waals surface area contributed by atoms with E-state index in [0.717, 1.165) is 30.3 Å². The van der Waals surface area contributed by atoms with E-state index < -0.39 is 141 Å². The molecule has 69 heavy (non-hydrogen) atoms. The van der Waals surface area contributed by atoms with Gasteiger partial charge in [-0.25, -0.2) is 9.21 Å². The van der Waals surface area contributed by atoms with Gasteiger partial charge in [-0.15, -0.1) is 0 Å². The van der Waals surface area contributed by atoms with E-state index in [-0.39, 0.29) is 50.9 Å². The van der Waals surface area contributed by atoms with Crippen LogP contribution in [0.25, 0.3) is 28.4 Å². The molecule has 25 nitrogen and oxygen atoms in total. The Labute approximate surface area is 389 Å². The highest BCUT2D eigenvalue weighted by Gasteiger charge is 2.53. The standard InChI is InChI=1S/C44H50O25/c1-60-24-7-16(8-25(61-2)31(24)52)3-6-30(51)68-40-36(57)33(54)29(15-47)67-44(40)69-41-37(58)34(55)28(14-46)66-43(41)64-26-12-19-22(62-39(26)17-4-5-20(49)21(50)9-17)10-18(48)11-23(19)63-42-38(59)35(56)32(53)27(13-45)65-42/h3-12,27-29,32-38,40-47,53-59H,13-15H2,1-2H3,(H3-,48,49,50,51,52)/p+1/t27-,28-,29-,32-,33-,34-,35+,36+,37+,38-,40-,41-,42-,43-,44+/m1/s1. The third kappa shape index (κ3) is 10.5. The number of methoxy groups -OCH3 is 2. The van der Waals surface area contributed by atoms with E-state index in [0.29, 0.717) is 0 Å². The zero-order chi connectivity index (χ0) is 50.0. The van der Waals surface area contributed by atoms with Gasteiger partial charge in [0, 0.05) is 24.3 Å². The molecule has 15 atom stereocenters. The predicted molar refractivity (Wildman–Crippen MR) is 227 cm³/mol. The number of phenols is 4. The van der Waals surface area contributed by atoms with Crippen LogP contribution < -0.4 is 18.9 Å². The predicted octanol–water partition coefficient (Wildman–Crippen LogP) is -2.33. The normalized spacial score (nSPS) is 31.6. The number of hydrogen-bond donors (Lipinski definition) is 14. The summed E-state index contributed by atoms with van der Waals surface area (Å²) in [4.78, 5) is 13.3. The van der Waals surface area contributed by atoms with Gasteiger partial charge < -0.3 is 114 Å². The van der Waals surface area contributed by atoms with Crippen molar-refractivity contribution in [1.29, 1.82) is 0 Å². The Kier molecular flexibility index (Phi) is 15.8. The van der Waals surface area contributed by atoms with E-state index in [1.54, 1.807) is 0 Å². The monoisotopic (exact) mass is 979 g/mol. The molecule has 3 aliphatic rings. The maximum atomic E-state index is 13.3. The van der Waals surface area contributed by atoms with Crippen molar-refractivity contribution in [3.05, 3.63) is 60.2 Å². The highest BCUT2D eigenvalue weighted by atomic mass is 16.8. The third-order valence-corrected chi connectivity index (χ3v) is 11.5. The SMILES string of the molecule is COc1cc(C=CC(=O)O[C@H]2[C@H](O[C@H]3[C@H](Oc4cc5c(O[C@@H]6O[C@H](CO)[C@@H](O)[C@H](O)[C@H]6O)cc(O)cc5[o+]c4-c4ccc(O)c(O)c4)O[C@H](CO)[C@@H](O)[C@@H]3O)O[C@H](CO)[C@@H](O)[C@@H]2O)cc(OC)c1O. The van der Waals surface area contributed by atoms with Crippen molar-refractivity contribution < 1.29 is 123 Å². The first-order chi connectivity index (χ1) is 32.9. The average Bonchev–Trinajstić information content (AvgIpc) is 3.33. The van der Waals surface area contributed by atoms with Crippen molar-refractivity contribution in [2.75, 3.05) is 34.0 Å². The van der Waals surface area contributed by atoms with Gasteiger partial charge in [-0.3, -0.25) is 0 Å². The van der Waals surface area contributed by atoms with Gasteiger partial charge in [0.1, 0.15) is 77.9 Å². The van der Waals surface area contributed by atoms with Crippen LogP contribution in [0.1, 0.15) is 5.56 Å². The Bertz CT molecular complexity index is 2440. The molecule has 7 rings (SSSR count). The lowest BCUT2D eigenvalue weighted by Gasteiger charge is -2.46. The Morgan fingerprint density at radius 1 is 0.609 bits per heavy atom. The summed E-state index contributed by atoms with van der Waals surface area (Å²) in [5.41, 5.74) is 0.0667. The number of benzene rings is 3. The van der Waals surface area contributed by atoms with Crippen molar-refractivity contribution >= 4 is 23.0 Å². The van der Waals surface area contributed by atoms with Crippen LogP contribution >= 0.6 is 0 Å². The minimum absolute atomic E-state index is 0.00685. The molecule has 3 saturated heterocycles. The molecule has 0 amide bonds. The largest absolute Gasteiger partial charge is 0.507 e. The van der Waals surface area contributed by atoms with Crippen LogP contribution in [-0.2, 0) is 28.5 Å². The van der Waals surface area contributed by atoms with Gasteiger partial charge in [0.25, 0.3) is 0 Å². The Morgan fingerprint density at radius 3 is 1.77 bits per heavy atom. The highest BCUT2D eigenvalue weighted by Crippen LogP contribution is 2.44. The summed E-state index contributed by atoms with van der Waals surface area (Å²) in [6.45, 7) is -2.65. The summed E-state index contributed by atoms with van der Waals surface area (Å²) in [6, 6.07) is 9.45. The van der Waals surface area contributed by atoms with Gasteiger partial charge in [-0.1, -0.05) is 0 Å². The molecule has 0 aliphatic carbocycles. The van der Waals surface area contributed by atoms with E-state index in [9.17, 15) is 76.3 Å². The summed E-state index contributed by atoms with van der Waals surface area (Å²) in [6.07, 6.45) is -25.7. The molecule has 0 unspecified atom stereocenters. The van der Waals surface area contributed by atoms with Crippen LogP contribution in [-0.4, -0.2) is 204 Å². The molecule has 4 heterocycles. The second-order valence-electron chi connectivity index (χ2n) is 16.0. The number of aliphatic hydroxyl groups is 10. The number of hydrogen-bond acceptors (Lipinski definition) is 24. The first-order valence-electron chi connectivity index (χ1n) is 21.0. The fourth-order valence-electron chi connectivity index (χ4n) is 7.73. The van der Waals surface area contributed by atoms with Gasteiger partial charge in [0.2, 0.25) is 24.1 Å². The molecule has 0 spiro atoms. The van der Waals surface area contributed by atoms with E-state index in [1.165, 1.54) is 44.6 Å². The summed E-state index contributed by atoms with van der Waals surface area (Å²) >= 11 is 0. The summed E-state index contributed by atoms with van der Waals surface area (Å²) in [7, 11) is 2.56. The number of phenolic OH excluding ortho intramolecular Hbond substituents is 4. The Hall–Kier alpha value is -5.88. The number of fused-ring (bicyclic) bond motifs is 1. The number of esters is 1. The lowest BCUT2D eigenvalue weighted by molar-refractivity contribution is -0.358. The van der Waals surface area contributed by atoms with Crippen molar-refractivity contribution in [2.24, 2.45) is 0 Å². The van der Waals surface area contributed by atoms with Gasteiger partial charge >= 0.3 is 17.3 Å². The first-order valence-corrected chi connectivity index (χ1v) is 21.0. The minimum Gasteiger partial charge on any atom is -0.507 e. The van der Waals surface area contributed by atoms with E-state index in [4.69, 9.17) is 47.0 Å². The Balaban J connectivity index is 1.26. The molecule has 3 aliphatic heterocycles. The summed E-state index contributed by atoms with van der Waals surface area (Å²) in [5.74, 6) is -4.22. The third-order valence-electron chi connectivity index (χ3n) is 11.5. The van der Waals surface area contributed by atoms with Gasteiger partial charge in [-0.05, 0) is 35.9 Å². The van der Waals surface area contributed by atoms with Crippen LogP contribution in [0.5, 0.6) is 46.0 Å². The molecule has 25 heteroatoms. The quantitative estimate of drug-likeness (QED) is 0.0257. The molecule has 0 radical (unpaired) electrons. The number of rotatable bonds is 15. The minimum atomic E-state index is -2.09. The molecule has 3 fully saturated rings. The van der Waals surface area contributed by atoms with Crippen LogP contribution in [0.4, 0.5) is 0 Å². The smallest absolute Gasteiger partial charge is 0.402 e. The molecule has 1 aromatic heterocycles. The second kappa shape index (κ2) is 21.4. The van der Waals surface area contributed by atoms with Crippen molar-refractivity contribution in [3.63, 3.8) is 0 Å². The number of ether oxygens (including phenoxy) is 9. The average molecular weight is 980 g/mol. The molecule has 0 saturated carbocycles. The fraction of sp³-hybridized carbons (Fsp3) is 0.455. The zero-order valence-corrected chi connectivity index (χ0v) is 36.3. The summed E-state index contributed by atoms with van der Waals surface area (Å²) < 4.78 is 57.3. The molecule has 0 bridgehead atoms. The summed E-state index contributed by atoms with van der Waals surface area (Å²) in [5, 5.41) is 148. The van der Waals surface area contributed by atoms with Crippen LogP contribution in [0.15, 0.2) is 59.0 Å². The first kappa shape index (κ1) is 51.0. The molecule has 14 N–H and O–H groups in total. The maximum absolute atomic E-state index is 13.3. The molecule has 3 aromatic carbocycles. The molecular weight excluding hydrogens is 928 g/mol. The van der Waals surface area contributed by atoms with Crippen molar-refractivity contribution in [1.82, 2.24) is 0 Å². The number of carbonyl (C=O) groups is 1. The lowest BCUT2D eigenvalue weighted by Crippen LogP contribution is -2.65. The van der Waals surface area contributed by atoms with E-state index in [2.05, 4.69) is 0 Å². The number of aliphatic hydroxyl groups excluding tert-OH is 10. The zero-order valence-electron chi connectivity index (χ0n) is 36.3. The molecule has 376 valence electrons. The topological polar surface area (TPSA) is 395 Å². The van der Waals surface area contributed by atoms with Gasteiger partial charge in [0.05, 0.1) is 45.7 Å². The molecular formula is C44H51O25+. The van der Waals surface area contributed by atoms with Crippen LogP contribution in [0.2, 0.25) is 0 Å². The van der Waals surface area contributed by atoms with E-state index >= 15 is 0 Å². The highest BCUT2D eigenvalue weighted by molar-refractivity contribution is 5.89. The van der Waals surface area contributed by atoms with Crippen LogP contribution in [0, 0.1) is 0 Å². The van der Waals surface area contributed by atoms with Crippen molar-refractivity contribution in [3.8, 4) is 57.3 Å². The van der Waals surface area contributed by atoms with Gasteiger partial charge in [-0.2, -0.15) is 0 Å². The van der Waals surface area contributed by atoms with Crippen molar-refractivity contribution in [2.45, 2.75) is 92.1 Å². The van der Waals surface area contributed by atoms with E-state index in [1.807, 2.05) is 0 Å². The van der Waals surface area contributed by atoms with Gasteiger partial charge in [0.15, 0.2) is 41.5 Å². The van der Waals surface area contributed by atoms with Crippen LogP contribution in [0.3, 0.4) is 0 Å². The number of aromatic hydroxyl groups is 4.